The lowest BCUT2D eigenvalue weighted by Crippen LogP contribution is -2.49. The van der Waals surface area contributed by atoms with Crippen LogP contribution in [0, 0.1) is 0 Å². The first kappa shape index (κ1) is 22.5. The first-order valence-corrected chi connectivity index (χ1v) is 10.7. The standard InChI is InChI=1S/C22H38N4O2/c1-5-23-22(24-17-19(4)28-21-9-7-6-8-10-21)25-20-11-13-26(14-12-20)15-16-27-18(2)3/h6-10,18-20H,5,11-17H2,1-4H3,(H2,23,24,25). The van der Waals surface area contributed by atoms with Crippen molar-refractivity contribution in [3.63, 3.8) is 0 Å². The molecule has 0 amide bonds. The highest BCUT2D eigenvalue weighted by Crippen LogP contribution is 2.12. The van der Waals surface area contributed by atoms with Crippen LogP contribution >= 0.6 is 0 Å². The summed E-state index contributed by atoms with van der Waals surface area (Å²) in [5, 5.41) is 6.95. The number of nitrogens with zero attached hydrogens (tertiary/aromatic N) is 2. The third-order valence-corrected chi connectivity index (χ3v) is 4.72. The highest BCUT2D eigenvalue weighted by Gasteiger charge is 2.20. The van der Waals surface area contributed by atoms with Gasteiger partial charge in [0.2, 0.25) is 0 Å². The van der Waals surface area contributed by atoms with Gasteiger partial charge in [0.1, 0.15) is 11.9 Å². The van der Waals surface area contributed by atoms with Gasteiger partial charge in [-0.15, -0.1) is 0 Å². The van der Waals surface area contributed by atoms with E-state index in [1.807, 2.05) is 30.3 Å². The number of ether oxygens (including phenoxy) is 2. The average Bonchev–Trinajstić information content (AvgIpc) is 2.68. The minimum Gasteiger partial charge on any atom is -0.489 e. The highest BCUT2D eigenvalue weighted by atomic mass is 16.5. The molecule has 1 aromatic rings. The van der Waals surface area contributed by atoms with Crippen molar-refractivity contribution in [3.8, 4) is 5.75 Å². The van der Waals surface area contributed by atoms with Crippen molar-refractivity contribution in [2.75, 3.05) is 39.3 Å². The Balaban J connectivity index is 1.73. The molecule has 1 atom stereocenters. The van der Waals surface area contributed by atoms with Crippen LogP contribution in [0.25, 0.3) is 0 Å². The van der Waals surface area contributed by atoms with Crippen LogP contribution in [0.15, 0.2) is 35.3 Å². The maximum atomic E-state index is 5.92. The van der Waals surface area contributed by atoms with Crippen molar-refractivity contribution >= 4 is 5.96 Å². The number of aliphatic imine (C=N–C) groups is 1. The van der Waals surface area contributed by atoms with E-state index in [-0.39, 0.29) is 6.10 Å². The SMILES string of the molecule is CCNC(=NCC(C)Oc1ccccc1)NC1CCN(CCOC(C)C)CC1. The molecule has 1 aliphatic heterocycles. The molecule has 1 unspecified atom stereocenters. The first-order chi connectivity index (χ1) is 13.6. The quantitative estimate of drug-likeness (QED) is 0.475. The van der Waals surface area contributed by atoms with E-state index < -0.39 is 0 Å². The Morgan fingerprint density at radius 2 is 1.89 bits per heavy atom. The van der Waals surface area contributed by atoms with E-state index in [9.17, 15) is 0 Å². The Kier molecular flexibility index (Phi) is 10.1. The van der Waals surface area contributed by atoms with E-state index in [1.54, 1.807) is 0 Å². The summed E-state index contributed by atoms with van der Waals surface area (Å²) in [6.07, 6.45) is 2.59. The summed E-state index contributed by atoms with van der Waals surface area (Å²) in [6.45, 7) is 13.8. The van der Waals surface area contributed by atoms with E-state index in [4.69, 9.17) is 14.5 Å². The third kappa shape index (κ3) is 8.93. The maximum Gasteiger partial charge on any atom is 0.191 e. The molecule has 158 valence electrons. The van der Waals surface area contributed by atoms with Crippen LogP contribution in [0.3, 0.4) is 0 Å². The van der Waals surface area contributed by atoms with Crippen LogP contribution in [0.5, 0.6) is 5.75 Å². The molecule has 2 N–H and O–H groups in total. The third-order valence-electron chi connectivity index (χ3n) is 4.72. The zero-order valence-electron chi connectivity index (χ0n) is 18.0. The second-order valence-corrected chi connectivity index (χ2v) is 7.64. The fourth-order valence-corrected chi connectivity index (χ4v) is 3.22. The Hall–Kier alpha value is -1.79. The predicted molar refractivity (Wildman–Crippen MR) is 116 cm³/mol. The fourth-order valence-electron chi connectivity index (χ4n) is 3.22. The van der Waals surface area contributed by atoms with Crippen molar-refractivity contribution in [2.24, 2.45) is 4.99 Å². The Bertz CT molecular complexity index is 557. The minimum atomic E-state index is 0.0284. The fraction of sp³-hybridized carbons (Fsp3) is 0.682. The Labute approximate surface area is 170 Å². The zero-order chi connectivity index (χ0) is 20.2. The van der Waals surface area contributed by atoms with E-state index in [0.29, 0.717) is 18.7 Å². The van der Waals surface area contributed by atoms with Crippen molar-refractivity contribution in [3.05, 3.63) is 30.3 Å². The molecule has 0 bridgehead atoms. The van der Waals surface area contributed by atoms with Crippen LogP contribution < -0.4 is 15.4 Å². The van der Waals surface area contributed by atoms with Crippen molar-refractivity contribution in [2.45, 2.75) is 58.8 Å². The molecule has 0 radical (unpaired) electrons. The van der Waals surface area contributed by atoms with Crippen LogP contribution in [0.4, 0.5) is 0 Å². The molecule has 1 aliphatic rings. The number of rotatable bonds is 10. The van der Waals surface area contributed by atoms with E-state index in [2.05, 4.69) is 43.2 Å². The normalized spacial score (nSPS) is 17.5. The zero-order valence-corrected chi connectivity index (χ0v) is 18.0. The van der Waals surface area contributed by atoms with Crippen molar-refractivity contribution in [1.29, 1.82) is 0 Å². The number of benzene rings is 1. The van der Waals surface area contributed by atoms with Crippen LogP contribution in [0.1, 0.15) is 40.5 Å². The van der Waals surface area contributed by atoms with Gasteiger partial charge in [0, 0.05) is 32.2 Å². The second-order valence-electron chi connectivity index (χ2n) is 7.64. The molecule has 1 fully saturated rings. The molecule has 0 saturated carbocycles. The summed E-state index contributed by atoms with van der Waals surface area (Å²) >= 11 is 0. The minimum absolute atomic E-state index is 0.0284. The van der Waals surface area contributed by atoms with Gasteiger partial charge in [0.15, 0.2) is 5.96 Å². The van der Waals surface area contributed by atoms with Crippen molar-refractivity contribution < 1.29 is 9.47 Å². The predicted octanol–water partition coefficient (Wildman–Crippen LogP) is 2.90. The lowest BCUT2D eigenvalue weighted by atomic mass is 10.1. The van der Waals surface area contributed by atoms with E-state index in [0.717, 1.165) is 57.3 Å². The van der Waals surface area contributed by atoms with Crippen molar-refractivity contribution in [1.82, 2.24) is 15.5 Å². The first-order valence-electron chi connectivity index (χ1n) is 10.7. The number of likely N-dealkylation sites (tertiary alicyclic amines) is 1. The molecule has 6 heteroatoms. The molecule has 0 aromatic heterocycles. The highest BCUT2D eigenvalue weighted by molar-refractivity contribution is 5.80. The molecule has 0 aliphatic carbocycles. The van der Waals surface area contributed by atoms with E-state index in [1.165, 1.54) is 0 Å². The molecule has 1 saturated heterocycles. The molecule has 28 heavy (non-hydrogen) atoms. The van der Waals surface area contributed by atoms with Crippen LogP contribution in [0.2, 0.25) is 0 Å². The summed E-state index contributed by atoms with van der Waals surface area (Å²) in [7, 11) is 0. The Morgan fingerprint density at radius 1 is 1.18 bits per heavy atom. The lowest BCUT2D eigenvalue weighted by Gasteiger charge is -2.33. The number of hydrogen-bond acceptors (Lipinski definition) is 4. The number of nitrogens with one attached hydrogen (secondary N) is 2. The molecule has 0 spiro atoms. The van der Waals surface area contributed by atoms with E-state index >= 15 is 0 Å². The smallest absolute Gasteiger partial charge is 0.191 e. The Morgan fingerprint density at radius 3 is 2.54 bits per heavy atom. The molecule has 6 nitrogen and oxygen atoms in total. The molecule has 2 rings (SSSR count). The van der Waals surface area contributed by atoms with Gasteiger partial charge in [0.05, 0.1) is 19.3 Å². The summed E-state index contributed by atoms with van der Waals surface area (Å²) in [4.78, 5) is 7.21. The average molecular weight is 391 g/mol. The largest absolute Gasteiger partial charge is 0.489 e. The van der Waals surface area contributed by atoms with Gasteiger partial charge in [0.25, 0.3) is 0 Å². The van der Waals surface area contributed by atoms with Gasteiger partial charge < -0.3 is 25.0 Å². The lowest BCUT2D eigenvalue weighted by molar-refractivity contribution is 0.0532. The van der Waals surface area contributed by atoms with Gasteiger partial charge in [-0.2, -0.15) is 0 Å². The summed E-state index contributed by atoms with van der Waals surface area (Å²) < 4.78 is 11.6. The van der Waals surface area contributed by atoms with Gasteiger partial charge in [-0.05, 0) is 52.7 Å². The van der Waals surface area contributed by atoms with Gasteiger partial charge in [-0.3, -0.25) is 0 Å². The topological polar surface area (TPSA) is 58.1 Å². The summed E-state index contributed by atoms with van der Waals surface area (Å²) in [5.41, 5.74) is 0. The summed E-state index contributed by atoms with van der Waals surface area (Å²) in [5.74, 6) is 1.77. The molecule has 1 heterocycles. The monoisotopic (exact) mass is 390 g/mol. The van der Waals surface area contributed by atoms with Gasteiger partial charge in [-0.1, -0.05) is 18.2 Å². The number of hydrogen-bond donors (Lipinski definition) is 2. The molecular formula is C22H38N4O2. The second kappa shape index (κ2) is 12.6. The number of piperidine rings is 1. The van der Waals surface area contributed by atoms with Gasteiger partial charge >= 0.3 is 0 Å². The van der Waals surface area contributed by atoms with Crippen LogP contribution in [-0.2, 0) is 4.74 Å². The number of guanidine groups is 1. The summed E-state index contributed by atoms with van der Waals surface area (Å²) in [6, 6.07) is 10.4. The number of para-hydroxylation sites is 1. The van der Waals surface area contributed by atoms with Gasteiger partial charge in [-0.25, -0.2) is 4.99 Å². The maximum absolute atomic E-state index is 5.92. The molecule has 1 aromatic carbocycles. The van der Waals surface area contributed by atoms with Crippen LogP contribution in [-0.4, -0.2) is 68.4 Å². The molecular weight excluding hydrogens is 352 g/mol.